The summed E-state index contributed by atoms with van der Waals surface area (Å²) in [6.07, 6.45) is 26.6. The van der Waals surface area contributed by atoms with Gasteiger partial charge in [-0.25, -0.2) is 29.9 Å². The minimum Gasteiger partial charge on any atom is -0.339 e. The van der Waals surface area contributed by atoms with E-state index in [1.165, 1.54) is 46.2 Å². The van der Waals surface area contributed by atoms with Crippen molar-refractivity contribution < 1.29 is 28.8 Å². The number of aromatic nitrogens is 12. The van der Waals surface area contributed by atoms with E-state index in [1.807, 2.05) is 254 Å². The Morgan fingerprint density at radius 2 is 0.480 bits per heavy atom. The molecule has 0 saturated carbocycles. The number of carbonyl (C=O) groups excluding carboxylic acids is 6. The van der Waals surface area contributed by atoms with E-state index in [-0.39, 0.29) is 35.4 Å². The number of fused-ring (bicyclic) bond motifs is 6. The lowest BCUT2D eigenvalue weighted by molar-refractivity contribution is 0.0689. The third-order valence-electron chi connectivity index (χ3n) is 30.1. The molecule has 0 radical (unpaired) electrons. The Labute approximate surface area is 876 Å². The summed E-state index contributed by atoms with van der Waals surface area (Å²) in [5.41, 5.74) is 29.6. The number of piperidine rings is 5. The van der Waals surface area contributed by atoms with Gasteiger partial charge in [-0.2, -0.15) is 0 Å². The Balaban J connectivity index is 0.000000109. The average Bonchev–Trinajstić information content (AvgIpc) is 1.65. The van der Waals surface area contributed by atoms with Crippen molar-refractivity contribution in [1.29, 1.82) is 0 Å². The van der Waals surface area contributed by atoms with Gasteiger partial charge in [0.25, 0.3) is 35.4 Å². The largest absolute Gasteiger partial charge is 0.339 e. The molecule has 0 spiro atoms. The highest BCUT2D eigenvalue weighted by atomic mass is 16.2. The molecule has 6 saturated heterocycles. The predicted molar refractivity (Wildman–Crippen MR) is 598 cm³/mol. The minimum absolute atomic E-state index is 0.0997. The highest BCUT2D eigenvalue weighted by Gasteiger charge is 2.30. The Hall–Kier alpha value is -16.5. The quantitative estimate of drug-likeness (QED) is 0.105. The Morgan fingerprint density at radius 3 is 0.793 bits per heavy atom. The van der Waals surface area contributed by atoms with Crippen LogP contribution in [0.5, 0.6) is 0 Å². The van der Waals surface area contributed by atoms with Gasteiger partial charge in [-0.1, -0.05) is 129 Å². The normalized spacial score (nSPS) is 15.5. The van der Waals surface area contributed by atoms with E-state index in [0.717, 1.165) is 296 Å². The predicted octanol–water partition coefficient (Wildman–Crippen LogP) is 24.9. The van der Waals surface area contributed by atoms with Crippen LogP contribution in [-0.2, 0) is 0 Å². The van der Waals surface area contributed by atoms with Crippen molar-refractivity contribution in [3.05, 3.63) is 396 Å². The Morgan fingerprint density at radius 1 is 0.227 bits per heavy atom. The lowest BCUT2D eigenvalue weighted by Crippen LogP contribution is -2.39. The lowest BCUT2D eigenvalue weighted by Gasteiger charge is -2.33. The maximum absolute atomic E-state index is 13.2. The van der Waals surface area contributed by atoms with Gasteiger partial charge in [-0.3, -0.25) is 56.2 Å². The van der Waals surface area contributed by atoms with Crippen LogP contribution in [0.3, 0.4) is 0 Å². The van der Waals surface area contributed by atoms with E-state index < -0.39 is 0 Å². The van der Waals surface area contributed by atoms with Crippen LogP contribution < -0.4 is 0 Å². The molecular weight excluding hydrogens is 1860 g/mol. The smallest absolute Gasteiger partial charge is 0.253 e. The fraction of sp³-hybridized carbons (Fsp3) is 0.286. The molecule has 0 aliphatic carbocycles. The standard InChI is InChI=1S/C26H25N3O.2C21H23N3O.C20H21N3O.2C19H19N3O/c1-19-7-5-11-23(15-19)29-18-27-24-16-21(12-13-25(24)29)26(30)28-14-6-10-22(17-28)20-8-3-2-4-9-20;2*1-15-8-10-23(11-9-15)21(25)17-6-7-20-19(13-17)22-14-24(20)18-5-3-4-16(2)12-18;1-15-7-3-4-8-18(15)23-14-21-17-13-16(9-10-19(17)23)20(24)22-11-5-2-6-12-22;1-14-5-4-6-16(11-14)22-13-20-17-12-15(7-8-18(17)22)19(23)21-9-2-3-10-21;23-19(21-11-5-2-6-12-21)15-9-10-18-17(13-15)20-14-22(18)16-7-3-1-4-8-16/h2-5,7-9,11-13,15-16,18,22H,6,10,14,17H2,1H3;2*3-7,12-15H,8-11H2,1-2H3;3-4,7-10,13-14H,2,5-6,11-12H2,1H3;4-8,11-13H,2-3,9-10H2,1H3;1,3-4,7-10,13-14H,2,5-6,11-12H2. The van der Waals surface area contributed by atoms with Crippen LogP contribution in [0.4, 0.5) is 0 Å². The van der Waals surface area contributed by atoms with E-state index in [4.69, 9.17) is 0 Å². The molecule has 19 aromatic rings. The first-order valence-electron chi connectivity index (χ1n) is 53.2. The summed E-state index contributed by atoms with van der Waals surface area (Å²) in [4.78, 5) is 115. The second kappa shape index (κ2) is 46.3. The van der Waals surface area contributed by atoms with Crippen LogP contribution in [0, 0.1) is 46.5 Å². The van der Waals surface area contributed by atoms with Gasteiger partial charge in [0.1, 0.15) is 38.0 Å². The fourth-order valence-corrected chi connectivity index (χ4v) is 21.4. The average molecular weight is 1990 g/mol. The van der Waals surface area contributed by atoms with E-state index in [9.17, 15) is 28.8 Å². The second-order valence-electron chi connectivity index (χ2n) is 41.0. The molecule has 6 aliphatic rings. The maximum atomic E-state index is 13.2. The topological polar surface area (TPSA) is 229 Å². The summed E-state index contributed by atoms with van der Waals surface area (Å²) in [7, 11) is 0. The third-order valence-corrected chi connectivity index (χ3v) is 30.1. The second-order valence-corrected chi connectivity index (χ2v) is 41.0. The molecule has 6 amide bonds. The molecule has 0 N–H and O–H groups in total. The number of aryl methyl sites for hydroxylation is 5. The zero-order valence-electron chi connectivity index (χ0n) is 86.8. The molecule has 12 heterocycles. The molecule has 6 aromatic heterocycles. The van der Waals surface area contributed by atoms with Gasteiger partial charge < -0.3 is 29.4 Å². The number of nitrogens with zero attached hydrogens (tertiary/aromatic N) is 18. The van der Waals surface area contributed by atoms with Crippen LogP contribution in [0.2, 0.25) is 0 Å². The van der Waals surface area contributed by atoms with Crippen LogP contribution in [-0.4, -0.2) is 201 Å². The summed E-state index contributed by atoms with van der Waals surface area (Å²) in [5, 5.41) is 0. The molecule has 1 unspecified atom stereocenters. The highest BCUT2D eigenvalue weighted by Crippen LogP contribution is 2.34. The number of hydrogen-bond donors (Lipinski definition) is 0. The van der Waals surface area contributed by atoms with Gasteiger partial charge in [0.15, 0.2) is 0 Å². The van der Waals surface area contributed by atoms with Crippen molar-refractivity contribution in [2.45, 2.75) is 144 Å². The van der Waals surface area contributed by atoms with Crippen LogP contribution in [0.15, 0.2) is 329 Å². The Bertz CT molecular complexity index is 7900. The molecule has 0 bridgehead atoms. The van der Waals surface area contributed by atoms with Crippen molar-refractivity contribution in [3.63, 3.8) is 0 Å². The van der Waals surface area contributed by atoms with Crippen LogP contribution in [0.25, 0.3) is 100 Å². The van der Waals surface area contributed by atoms with Gasteiger partial charge in [0, 0.05) is 146 Å². The number of para-hydroxylation sites is 2. The molecule has 13 aromatic carbocycles. The van der Waals surface area contributed by atoms with E-state index >= 15 is 0 Å². The third kappa shape index (κ3) is 23.1. The van der Waals surface area contributed by atoms with Crippen molar-refractivity contribution in [3.8, 4) is 34.1 Å². The van der Waals surface area contributed by atoms with Crippen LogP contribution >= 0.6 is 0 Å². The number of amides is 6. The Kier molecular flexibility index (Phi) is 31.1. The fourth-order valence-electron chi connectivity index (χ4n) is 21.4. The zero-order valence-corrected chi connectivity index (χ0v) is 86.8. The number of benzene rings is 13. The van der Waals surface area contributed by atoms with Gasteiger partial charge in [-0.15, -0.1) is 0 Å². The molecule has 6 fully saturated rings. The first-order valence-corrected chi connectivity index (χ1v) is 53.2. The molecule has 1 atom stereocenters. The molecule has 24 heteroatoms. The zero-order chi connectivity index (χ0) is 103. The van der Waals surface area contributed by atoms with Crippen molar-refractivity contribution in [1.82, 2.24) is 86.7 Å². The molecular formula is C126H130N18O6. The highest BCUT2D eigenvalue weighted by molar-refractivity contribution is 6.02. The summed E-state index contributed by atoms with van der Waals surface area (Å²) in [5.74, 6) is 2.57. The maximum Gasteiger partial charge on any atom is 0.253 e. The number of likely N-dealkylation sites (tertiary alicyclic amines) is 6. The van der Waals surface area contributed by atoms with E-state index in [0.29, 0.717) is 11.5 Å². The van der Waals surface area contributed by atoms with Crippen LogP contribution in [0.1, 0.15) is 205 Å². The molecule has 24 nitrogen and oxygen atoms in total. The molecule has 760 valence electrons. The van der Waals surface area contributed by atoms with E-state index in [2.05, 4.69) is 210 Å². The summed E-state index contributed by atoms with van der Waals surface area (Å²) in [6.45, 7) is 25.2. The number of rotatable bonds is 13. The number of hydrogen-bond acceptors (Lipinski definition) is 12. The molecule has 150 heavy (non-hydrogen) atoms. The monoisotopic (exact) mass is 1990 g/mol. The summed E-state index contributed by atoms with van der Waals surface area (Å²) < 4.78 is 12.4. The summed E-state index contributed by atoms with van der Waals surface area (Å²) in [6, 6.07) is 97.3. The molecule has 6 aliphatic heterocycles. The van der Waals surface area contributed by atoms with Gasteiger partial charge >= 0.3 is 0 Å². The van der Waals surface area contributed by atoms with Gasteiger partial charge in [0.2, 0.25) is 0 Å². The van der Waals surface area contributed by atoms with E-state index in [1.54, 1.807) is 0 Å². The van der Waals surface area contributed by atoms with Crippen molar-refractivity contribution in [2.24, 2.45) is 11.8 Å². The lowest BCUT2D eigenvalue weighted by atomic mass is 9.90. The summed E-state index contributed by atoms with van der Waals surface area (Å²) >= 11 is 0. The van der Waals surface area contributed by atoms with Crippen molar-refractivity contribution >= 4 is 102 Å². The first kappa shape index (κ1) is 101. The SMILES string of the molecule is Cc1cccc(-n2cnc3cc(C(=O)N4CCC(C)CC4)ccc32)c1.Cc1cccc(-n2cnc3cc(C(=O)N4CCC(C)CC4)ccc32)c1.Cc1cccc(-n2cnc3cc(C(=O)N4CCCC(c5ccccc5)C4)ccc32)c1.Cc1cccc(-n2cnc3cc(C(=O)N4CCCC4)ccc32)c1.Cc1ccccc1-n1cnc2cc(C(=O)N3CCCCC3)ccc21.O=C(c1ccc2c(c1)ncn2-c1ccccc1)N1CCCCC1. The first-order chi connectivity index (χ1) is 73.2. The van der Waals surface area contributed by atoms with Gasteiger partial charge in [-0.05, 0) is 346 Å². The minimum atomic E-state index is 0.0997. The molecule has 25 rings (SSSR count). The van der Waals surface area contributed by atoms with Gasteiger partial charge in [0.05, 0.1) is 71.9 Å². The number of carbonyl (C=O) groups is 6. The van der Waals surface area contributed by atoms with Crippen molar-refractivity contribution in [2.75, 3.05) is 78.5 Å². The number of imidazole rings is 6.